The number of carbonyl (C=O) groups is 1. The van der Waals surface area contributed by atoms with Gasteiger partial charge in [-0.2, -0.15) is 4.98 Å². The van der Waals surface area contributed by atoms with Gasteiger partial charge >= 0.3 is 17.7 Å². The standard InChI is InChI=1S/C28H34N4O4/c33-23(17-16-20-10-4-1-5-11-20)36-27-29-24-25(30-27)31(18-21-12-6-2-7-13-21)28(35)32(26(24)34)19-22-14-8-3-9-15-22/h1,4-5,10-11,16-17,21-22H,2-3,6-9,12-15,18-19H2,(H,29,30). The lowest BCUT2D eigenvalue weighted by Crippen LogP contribution is -2.42. The zero-order valence-electron chi connectivity index (χ0n) is 20.7. The molecule has 0 saturated heterocycles. The molecule has 1 aromatic carbocycles. The lowest BCUT2D eigenvalue weighted by atomic mass is 9.89. The lowest BCUT2D eigenvalue weighted by Gasteiger charge is -2.24. The SMILES string of the molecule is O=C(C=Cc1ccccc1)Oc1nc2c([nH]1)c(=O)n(CC1CCCCC1)c(=O)n2CC1CCCCC1. The number of H-pyrrole nitrogens is 1. The Morgan fingerprint density at radius 1 is 0.917 bits per heavy atom. The number of nitrogens with zero attached hydrogens (tertiary/aromatic N) is 3. The summed E-state index contributed by atoms with van der Waals surface area (Å²) in [6.07, 6.45) is 14.2. The van der Waals surface area contributed by atoms with Crippen LogP contribution in [0.2, 0.25) is 0 Å². The molecule has 0 spiro atoms. The second-order valence-electron chi connectivity index (χ2n) is 10.2. The van der Waals surface area contributed by atoms with Gasteiger partial charge in [0.25, 0.3) is 5.56 Å². The molecule has 2 saturated carbocycles. The number of ether oxygens (including phenoxy) is 1. The summed E-state index contributed by atoms with van der Waals surface area (Å²) in [7, 11) is 0. The Kier molecular flexibility index (Phi) is 7.49. The van der Waals surface area contributed by atoms with E-state index in [4.69, 9.17) is 4.74 Å². The molecule has 3 aromatic rings. The summed E-state index contributed by atoms with van der Waals surface area (Å²) in [6, 6.07) is 9.35. The Hall–Kier alpha value is -3.42. The fraction of sp³-hybridized carbons (Fsp3) is 0.500. The highest BCUT2D eigenvalue weighted by Gasteiger charge is 2.24. The van der Waals surface area contributed by atoms with E-state index in [0.29, 0.717) is 24.9 Å². The van der Waals surface area contributed by atoms with Gasteiger partial charge in [-0.1, -0.05) is 68.9 Å². The van der Waals surface area contributed by atoms with Gasteiger partial charge in [-0.05, 0) is 49.2 Å². The normalized spacial score (nSPS) is 17.7. The molecular formula is C28H34N4O4. The largest absolute Gasteiger partial charge is 0.389 e. The number of rotatable bonds is 7. The number of aromatic nitrogens is 4. The third kappa shape index (κ3) is 5.53. The van der Waals surface area contributed by atoms with E-state index >= 15 is 0 Å². The second-order valence-corrected chi connectivity index (χ2v) is 10.2. The number of imidazole rings is 1. The van der Waals surface area contributed by atoms with Crippen LogP contribution in [0.25, 0.3) is 17.2 Å². The molecule has 2 aromatic heterocycles. The Balaban J connectivity index is 1.47. The van der Waals surface area contributed by atoms with E-state index in [1.54, 1.807) is 10.6 Å². The van der Waals surface area contributed by atoms with Gasteiger partial charge in [-0.15, -0.1) is 0 Å². The Bertz CT molecular complexity index is 1340. The van der Waals surface area contributed by atoms with Crippen molar-refractivity contribution in [2.45, 2.75) is 77.3 Å². The summed E-state index contributed by atoms with van der Waals surface area (Å²) >= 11 is 0. The maximum absolute atomic E-state index is 13.6. The Labute approximate surface area is 210 Å². The van der Waals surface area contributed by atoms with Crippen LogP contribution in [0.5, 0.6) is 6.01 Å². The minimum atomic E-state index is -0.610. The van der Waals surface area contributed by atoms with E-state index < -0.39 is 11.5 Å². The monoisotopic (exact) mass is 490 g/mol. The number of esters is 1. The Morgan fingerprint density at radius 2 is 1.53 bits per heavy atom. The maximum atomic E-state index is 13.6. The van der Waals surface area contributed by atoms with E-state index in [9.17, 15) is 14.4 Å². The van der Waals surface area contributed by atoms with Gasteiger partial charge in [0.1, 0.15) is 0 Å². The summed E-state index contributed by atoms with van der Waals surface area (Å²) in [4.78, 5) is 46.7. The lowest BCUT2D eigenvalue weighted by molar-refractivity contribution is -0.129. The molecule has 2 fully saturated rings. The molecule has 0 aliphatic heterocycles. The average Bonchev–Trinajstić information content (AvgIpc) is 3.33. The summed E-state index contributed by atoms with van der Waals surface area (Å²) < 4.78 is 8.40. The highest BCUT2D eigenvalue weighted by atomic mass is 16.5. The Morgan fingerprint density at radius 3 is 2.17 bits per heavy atom. The minimum absolute atomic E-state index is 0.0722. The molecule has 1 N–H and O–H groups in total. The molecule has 2 heterocycles. The van der Waals surface area contributed by atoms with Crippen molar-refractivity contribution in [1.82, 2.24) is 19.1 Å². The van der Waals surface area contributed by atoms with Crippen LogP contribution in [-0.2, 0) is 17.9 Å². The van der Waals surface area contributed by atoms with Crippen molar-refractivity contribution in [2.75, 3.05) is 0 Å². The number of nitrogens with one attached hydrogen (secondary N) is 1. The van der Waals surface area contributed by atoms with Crippen molar-refractivity contribution < 1.29 is 9.53 Å². The van der Waals surface area contributed by atoms with Crippen molar-refractivity contribution in [3.8, 4) is 6.01 Å². The van der Waals surface area contributed by atoms with Crippen molar-refractivity contribution in [1.29, 1.82) is 0 Å². The summed E-state index contributed by atoms with van der Waals surface area (Å²) in [5.41, 5.74) is 0.652. The van der Waals surface area contributed by atoms with Crippen LogP contribution in [0.1, 0.15) is 69.8 Å². The van der Waals surface area contributed by atoms with Crippen LogP contribution in [0, 0.1) is 11.8 Å². The molecule has 190 valence electrons. The predicted molar refractivity (Wildman–Crippen MR) is 139 cm³/mol. The molecule has 0 atom stereocenters. The van der Waals surface area contributed by atoms with Crippen LogP contribution < -0.4 is 16.0 Å². The van der Waals surface area contributed by atoms with Crippen LogP contribution in [0.15, 0.2) is 46.0 Å². The van der Waals surface area contributed by atoms with Gasteiger partial charge in [-0.25, -0.2) is 9.59 Å². The zero-order valence-corrected chi connectivity index (χ0v) is 20.7. The van der Waals surface area contributed by atoms with Crippen molar-refractivity contribution in [3.63, 3.8) is 0 Å². The molecule has 0 amide bonds. The highest BCUT2D eigenvalue weighted by Crippen LogP contribution is 2.27. The fourth-order valence-corrected chi connectivity index (χ4v) is 5.63. The quantitative estimate of drug-likeness (QED) is 0.383. The molecule has 5 rings (SSSR count). The van der Waals surface area contributed by atoms with Crippen LogP contribution in [0.3, 0.4) is 0 Å². The van der Waals surface area contributed by atoms with E-state index in [1.807, 2.05) is 30.3 Å². The maximum Gasteiger partial charge on any atom is 0.338 e. The first-order valence-electron chi connectivity index (χ1n) is 13.3. The highest BCUT2D eigenvalue weighted by molar-refractivity contribution is 5.88. The first-order chi connectivity index (χ1) is 17.6. The molecular weight excluding hydrogens is 456 g/mol. The van der Waals surface area contributed by atoms with E-state index in [2.05, 4.69) is 9.97 Å². The van der Waals surface area contributed by atoms with Gasteiger partial charge in [0.05, 0.1) is 0 Å². The fourth-order valence-electron chi connectivity index (χ4n) is 5.63. The van der Waals surface area contributed by atoms with Crippen molar-refractivity contribution in [3.05, 3.63) is 62.8 Å². The average molecular weight is 491 g/mol. The second kappa shape index (κ2) is 11.1. The molecule has 2 aliphatic carbocycles. The molecule has 36 heavy (non-hydrogen) atoms. The molecule has 0 unspecified atom stereocenters. The number of benzene rings is 1. The number of hydrogen-bond acceptors (Lipinski definition) is 5. The predicted octanol–water partition coefficient (Wildman–Crippen LogP) is 4.67. The summed E-state index contributed by atoms with van der Waals surface area (Å²) in [5.74, 6) is 0.0893. The van der Waals surface area contributed by atoms with Crippen molar-refractivity contribution in [2.24, 2.45) is 11.8 Å². The molecule has 0 bridgehead atoms. The molecule has 2 aliphatic rings. The van der Waals surface area contributed by atoms with Gasteiger partial charge in [0.2, 0.25) is 0 Å². The molecule has 0 radical (unpaired) electrons. The number of carbonyl (C=O) groups excluding carboxylic acids is 1. The van der Waals surface area contributed by atoms with Gasteiger partial charge in [0.15, 0.2) is 11.2 Å². The third-order valence-electron chi connectivity index (χ3n) is 7.58. The van der Waals surface area contributed by atoms with E-state index in [-0.39, 0.29) is 22.9 Å². The summed E-state index contributed by atoms with van der Waals surface area (Å²) in [6.45, 7) is 0.943. The number of aromatic amines is 1. The minimum Gasteiger partial charge on any atom is -0.389 e. The first kappa shape index (κ1) is 24.3. The van der Waals surface area contributed by atoms with Crippen molar-refractivity contribution >= 4 is 23.2 Å². The van der Waals surface area contributed by atoms with E-state index in [1.165, 1.54) is 23.5 Å². The first-order valence-corrected chi connectivity index (χ1v) is 13.3. The number of hydrogen-bond donors (Lipinski definition) is 1. The van der Waals surface area contributed by atoms with Gasteiger partial charge < -0.3 is 9.72 Å². The number of fused-ring (bicyclic) bond motifs is 1. The van der Waals surface area contributed by atoms with E-state index in [0.717, 1.165) is 56.9 Å². The molecule has 8 nitrogen and oxygen atoms in total. The third-order valence-corrected chi connectivity index (χ3v) is 7.58. The van der Waals surface area contributed by atoms with Crippen LogP contribution >= 0.6 is 0 Å². The van der Waals surface area contributed by atoms with Crippen LogP contribution in [0.4, 0.5) is 0 Å². The summed E-state index contributed by atoms with van der Waals surface area (Å²) in [5, 5.41) is 0. The smallest absolute Gasteiger partial charge is 0.338 e. The molecule has 8 heteroatoms. The zero-order chi connectivity index (χ0) is 24.9. The topological polar surface area (TPSA) is 99.0 Å². The van der Waals surface area contributed by atoms with Gasteiger partial charge in [-0.3, -0.25) is 13.9 Å². The van der Waals surface area contributed by atoms with Gasteiger partial charge in [0, 0.05) is 19.2 Å². The van der Waals surface area contributed by atoms with Crippen LogP contribution in [-0.4, -0.2) is 25.1 Å².